The minimum Gasteiger partial charge on any atom is -0.375 e. The van der Waals surface area contributed by atoms with E-state index in [-0.39, 0.29) is 17.9 Å². The van der Waals surface area contributed by atoms with Crippen LogP contribution in [0.4, 0.5) is 17.1 Å². The summed E-state index contributed by atoms with van der Waals surface area (Å²) in [6, 6.07) is 25.0. The Kier molecular flexibility index (Phi) is 4.81. The highest BCUT2D eigenvalue weighted by Crippen LogP contribution is 2.36. The predicted octanol–water partition coefficient (Wildman–Crippen LogP) is 4.46. The van der Waals surface area contributed by atoms with Crippen LogP contribution in [0, 0.1) is 0 Å². The van der Waals surface area contributed by atoms with Crippen molar-refractivity contribution in [3.63, 3.8) is 0 Å². The molecule has 2 amide bonds. The van der Waals surface area contributed by atoms with Crippen molar-refractivity contribution in [2.24, 2.45) is 0 Å². The zero-order chi connectivity index (χ0) is 19.5. The van der Waals surface area contributed by atoms with E-state index in [1.54, 1.807) is 29.2 Å². The van der Waals surface area contributed by atoms with Gasteiger partial charge in [-0.2, -0.15) is 0 Å². The summed E-state index contributed by atoms with van der Waals surface area (Å²) in [7, 11) is 0. The van der Waals surface area contributed by atoms with Gasteiger partial charge in [0.25, 0.3) is 5.91 Å². The van der Waals surface area contributed by atoms with E-state index in [2.05, 4.69) is 22.8 Å². The van der Waals surface area contributed by atoms with E-state index in [4.69, 9.17) is 0 Å². The number of hydrogen-bond donors (Lipinski definition) is 2. The molecule has 0 spiro atoms. The average molecular weight is 371 g/mol. The predicted molar refractivity (Wildman–Crippen MR) is 112 cm³/mol. The Bertz CT molecular complexity index is 1020. The molecular formula is C23H21N3O2. The molecule has 0 aliphatic carbocycles. The molecule has 0 saturated carbocycles. The molecule has 1 atom stereocenters. The summed E-state index contributed by atoms with van der Waals surface area (Å²) < 4.78 is 0. The van der Waals surface area contributed by atoms with Crippen LogP contribution in [-0.2, 0) is 4.79 Å². The van der Waals surface area contributed by atoms with Gasteiger partial charge in [-0.15, -0.1) is 0 Å². The van der Waals surface area contributed by atoms with Gasteiger partial charge in [0.15, 0.2) is 0 Å². The molecule has 0 radical (unpaired) electrons. The number of nitrogens with one attached hydrogen (secondary N) is 2. The Morgan fingerprint density at radius 2 is 1.71 bits per heavy atom. The van der Waals surface area contributed by atoms with Gasteiger partial charge >= 0.3 is 0 Å². The number of anilines is 3. The lowest BCUT2D eigenvalue weighted by Gasteiger charge is -2.36. The number of nitrogens with zero attached hydrogens (tertiary/aromatic N) is 1. The van der Waals surface area contributed by atoms with E-state index >= 15 is 0 Å². The fourth-order valence-corrected chi connectivity index (χ4v) is 3.50. The number of fused-ring (bicyclic) bond motifs is 1. The molecule has 1 aliphatic rings. The van der Waals surface area contributed by atoms with Crippen molar-refractivity contribution in [3.8, 4) is 0 Å². The highest BCUT2D eigenvalue weighted by molar-refractivity contribution is 6.09. The van der Waals surface area contributed by atoms with Crippen LogP contribution in [0.3, 0.4) is 0 Å². The lowest BCUT2D eigenvalue weighted by Crippen LogP contribution is -2.40. The minimum absolute atomic E-state index is 0.00132. The van der Waals surface area contributed by atoms with Crippen molar-refractivity contribution in [2.45, 2.75) is 13.0 Å². The van der Waals surface area contributed by atoms with Crippen molar-refractivity contribution in [2.75, 3.05) is 22.1 Å². The maximum absolute atomic E-state index is 13.4. The average Bonchev–Trinajstić information content (AvgIpc) is 2.73. The van der Waals surface area contributed by atoms with Gasteiger partial charge in [0, 0.05) is 18.2 Å². The number of amides is 2. The number of carbonyl (C=O) groups is 2. The Morgan fingerprint density at radius 3 is 2.50 bits per heavy atom. The Balaban J connectivity index is 1.69. The van der Waals surface area contributed by atoms with Crippen molar-refractivity contribution < 1.29 is 9.59 Å². The maximum Gasteiger partial charge on any atom is 0.258 e. The summed E-state index contributed by atoms with van der Waals surface area (Å²) in [6.45, 7) is 1.97. The van der Waals surface area contributed by atoms with Gasteiger partial charge in [-0.25, -0.2) is 0 Å². The SMILES string of the molecule is CC(=O)Nc1cccc(C(=O)N2CC(c3ccccc3)Nc3ccccc32)c1. The smallest absolute Gasteiger partial charge is 0.258 e. The molecular weight excluding hydrogens is 350 g/mol. The standard InChI is InChI=1S/C23H21N3O2/c1-16(27)24-19-11-7-10-18(14-19)23(28)26-15-21(17-8-3-2-4-9-17)25-20-12-5-6-13-22(20)26/h2-14,21,25H,15H2,1H3,(H,24,27). The van der Waals surface area contributed by atoms with E-state index in [1.165, 1.54) is 6.92 Å². The topological polar surface area (TPSA) is 61.4 Å². The van der Waals surface area contributed by atoms with Crippen LogP contribution in [0.5, 0.6) is 0 Å². The minimum atomic E-state index is -0.166. The number of carbonyl (C=O) groups excluding carboxylic acids is 2. The third-order valence-electron chi connectivity index (χ3n) is 4.77. The van der Waals surface area contributed by atoms with Gasteiger partial charge in [0.1, 0.15) is 0 Å². The van der Waals surface area contributed by atoms with Crippen LogP contribution >= 0.6 is 0 Å². The summed E-state index contributed by atoms with van der Waals surface area (Å²) in [6.07, 6.45) is 0. The Labute approximate surface area is 164 Å². The molecule has 5 nitrogen and oxygen atoms in total. The monoisotopic (exact) mass is 371 g/mol. The van der Waals surface area contributed by atoms with Crippen molar-refractivity contribution in [3.05, 3.63) is 90.0 Å². The van der Waals surface area contributed by atoms with Gasteiger partial charge < -0.3 is 15.5 Å². The van der Waals surface area contributed by atoms with Gasteiger partial charge in [0.05, 0.1) is 24.0 Å². The fraction of sp³-hybridized carbons (Fsp3) is 0.130. The van der Waals surface area contributed by atoms with Crippen molar-refractivity contribution in [1.29, 1.82) is 0 Å². The Hall–Kier alpha value is -3.60. The maximum atomic E-state index is 13.4. The summed E-state index contributed by atoms with van der Waals surface area (Å²) in [4.78, 5) is 26.5. The second-order valence-corrected chi connectivity index (χ2v) is 6.80. The van der Waals surface area contributed by atoms with Gasteiger partial charge in [-0.1, -0.05) is 48.5 Å². The molecule has 0 saturated heterocycles. The van der Waals surface area contributed by atoms with Crippen molar-refractivity contribution in [1.82, 2.24) is 0 Å². The summed E-state index contributed by atoms with van der Waals surface area (Å²) in [5.41, 5.74) is 4.05. The molecule has 0 fully saturated rings. The first kappa shape index (κ1) is 17.8. The zero-order valence-corrected chi connectivity index (χ0v) is 15.6. The van der Waals surface area contributed by atoms with Gasteiger partial charge in [0.2, 0.25) is 5.91 Å². The molecule has 1 unspecified atom stereocenters. The first-order valence-electron chi connectivity index (χ1n) is 9.22. The molecule has 5 heteroatoms. The molecule has 0 aromatic heterocycles. The lowest BCUT2D eigenvalue weighted by atomic mass is 10.0. The number of rotatable bonds is 3. The third-order valence-corrected chi connectivity index (χ3v) is 4.77. The molecule has 1 aliphatic heterocycles. The van der Waals surface area contributed by atoms with Gasteiger partial charge in [-0.3, -0.25) is 9.59 Å². The quantitative estimate of drug-likeness (QED) is 0.715. The van der Waals surface area contributed by atoms with Crippen LogP contribution in [0.15, 0.2) is 78.9 Å². The second-order valence-electron chi connectivity index (χ2n) is 6.80. The summed E-state index contributed by atoms with van der Waals surface area (Å²) >= 11 is 0. The number of benzene rings is 3. The van der Waals surface area contributed by atoms with Crippen LogP contribution in [-0.4, -0.2) is 18.4 Å². The first-order valence-corrected chi connectivity index (χ1v) is 9.22. The second kappa shape index (κ2) is 7.56. The van der Waals surface area contributed by atoms with Gasteiger partial charge in [-0.05, 0) is 35.9 Å². The first-order chi connectivity index (χ1) is 13.6. The van der Waals surface area contributed by atoms with E-state index in [0.29, 0.717) is 17.8 Å². The molecule has 4 rings (SSSR count). The lowest BCUT2D eigenvalue weighted by molar-refractivity contribution is -0.114. The number of para-hydroxylation sites is 2. The molecule has 1 heterocycles. The normalized spacial score (nSPS) is 15.3. The van der Waals surface area contributed by atoms with E-state index < -0.39 is 0 Å². The molecule has 3 aromatic carbocycles. The largest absolute Gasteiger partial charge is 0.375 e. The van der Waals surface area contributed by atoms with Crippen LogP contribution in [0.1, 0.15) is 28.9 Å². The van der Waals surface area contributed by atoms with Crippen LogP contribution < -0.4 is 15.5 Å². The Morgan fingerprint density at radius 1 is 0.964 bits per heavy atom. The van der Waals surface area contributed by atoms with Crippen LogP contribution in [0.25, 0.3) is 0 Å². The van der Waals surface area contributed by atoms with E-state index in [9.17, 15) is 9.59 Å². The summed E-state index contributed by atoms with van der Waals surface area (Å²) in [5, 5.41) is 6.27. The van der Waals surface area contributed by atoms with E-state index in [0.717, 1.165) is 16.9 Å². The highest BCUT2D eigenvalue weighted by atomic mass is 16.2. The summed E-state index contributed by atoms with van der Waals surface area (Å²) in [5.74, 6) is -0.261. The molecule has 140 valence electrons. The molecule has 0 bridgehead atoms. The third kappa shape index (κ3) is 3.60. The fourth-order valence-electron chi connectivity index (χ4n) is 3.50. The molecule has 3 aromatic rings. The molecule has 2 N–H and O–H groups in total. The van der Waals surface area contributed by atoms with Crippen LogP contribution in [0.2, 0.25) is 0 Å². The van der Waals surface area contributed by atoms with Crippen molar-refractivity contribution >= 4 is 28.9 Å². The zero-order valence-electron chi connectivity index (χ0n) is 15.6. The number of hydrogen-bond acceptors (Lipinski definition) is 3. The molecule has 28 heavy (non-hydrogen) atoms. The highest BCUT2D eigenvalue weighted by Gasteiger charge is 2.29. The van der Waals surface area contributed by atoms with E-state index in [1.807, 2.05) is 42.5 Å².